The maximum absolute atomic E-state index is 2.65. The van der Waals surface area contributed by atoms with Gasteiger partial charge in [-0.05, 0) is 122 Å². The summed E-state index contributed by atoms with van der Waals surface area (Å²) >= 11 is 0. The molecule has 0 fully saturated rings. The molecule has 3 aliphatic carbocycles. The standard InChI is InChI=1S/C43H46Si/c1-25(2)37-41-36-24-30(23-33(40(36)42(37)44(41,7)8)27-17-19-31(20-18-27)43(4,5)6)38-26(3)21-34-35(38)22-29-15-12-16-32(29)39(34)28-13-10-9-11-14-28/h9-11,13-14,17-20,22-25,41H,12,15-16,21H2,1-8H3. The summed E-state index contributed by atoms with van der Waals surface area (Å²) in [4.78, 5) is 0. The molecular weight excluding hydrogens is 545 g/mol. The number of hydrogen-bond donors (Lipinski definition) is 0. The number of rotatable bonds is 4. The average Bonchev–Trinajstić information content (AvgIpc) is 3.73. The summed E-state index contributed by atoms with van der Waals surface area (Å²) in [5, 5.41) is 1.76. The number of allylic oxidation sites excluding steroid dienone is 2. The van der Waals surface area contributed by atoms with E-state index in [4.69, 9.17) is 0 Å². The van der Waals surface area contributed by atoms with Crippen molar-refractivity contribution in [3.05, 3.63) is 128 Å². The second-order valence-electron chi connectivity index (χ2n) is 15.9. The molecule has 0 saturated carbocycles. The zero-order valence-corrected chi connectivity index (χ0v) is 28.9. The van der Waals surface area contributed by atoms with E-state index in [1.54, 1.807) is 38.6 Å². The van der Waals surface area contributed by atoms with Crippen LogP contribution in [0.15, 0.2) is 83.9 Å². The van der Waals surface area contributed by atoms with Crippen molar-refractivity contribution in [2.45, 2.75) is 91.3 Å². The first kappa shape index (κ1) is 28.1. The Kier molecular flexibility index (Phi) is 6.09. The molecule has 0 amide bonds. The van der Waals surface area contributed by atoms with Gasteiger partial charge in [-0.1, -0.05) is 131 Å². The van der Waals surface area contributed by atoms with Crippen molar-refractivity contribution in [1.82, 2.24) is 0 Å². The minimum atomic E-state index is -1.54. The van der Waals surface area contributed by atoms with Crippen molar-refractivity contribution < 1.29 is 0 Å². The number of hydrogen-bond acceptors (Lipinski definition) is 0. The second-order valence-corrected chi connectivity index (χ2v) is 20.4. The second kappa shape index (κ2) is 9.54. The smallest absolute Gasteiger partial charge is 0.0647 e. The molecular formula is C43H46Si. The van der Waals surface area contributed by atoms with Crippen LogP contribution in [-0.2, 0) is 24.7 Å². The average molecular weight is 591 g/mol. The first-order valence-electron chi connectivity index (χ1n) is 16.9. The molecule has 1 unspecified atom stereocenters. The minimum Gasteiger partial charge on any atom is -0.0647 e. The Bertz CT molecular complexity index is 1920. The van der Waals surface area contributed by atoms with Crippen LogP contribution in [0.25, 0.3) is 33.0 Å². The van der Waals surface area contributed by atoms with Crippen LogP contribution in [0, 0.1) is 5.92 Å². The predicted molar refractivity (Wildman–Crippen MR) is 192 cm³/mol. The fourth-order valence-electron chi connectivity index (χ4n) is 9.44. The highest BCUT2D eigenvalue weighted by Gasteiger charge is 2.57. The Hall–Kier alpha value is -3.42. The van der Waals surface area contributed by atoms with Gasteiger partial charge in [0.1, 0.15) is 0 Å². The highest BCUT2D eigenvalue weighted by Crippen LogP contribution is 2.66. The van der Waals surface area contributed by atoms with E-state index in [1.165, 1.54) is 69.4 Å². The van der Waals surface area contributed by atoms with Gasteiger partial charge in [-0.25, -0.2) is 0 Å². The molecule has 0 N–H and O–H groups in total. The Morgan fingerprint density at radius 2 is 1.48 bits per heavy atom. The summed E-state index contributed by atoms with van der Waals surface area (Å²) in [5.41, 5.74) is 23.7. The van der Waals surface area contributed by atoms with Gasteiger partial charge < -0.3 is 0 Å². The lowest BCUT2D eigenvalue weighted by Crippen LogP contribution is -2.43. The van der Waals surface area contributed by atoms with Gasteiger partial charge in [0.15, 0.2) is 0 Å². The molecule has 44 heavy (non-hydrogen) atoms. The van der Waals surface area contributed by atoms with E-state index in [0.717, 1.165) is 6.42 Å². The maximum atomic E-state index is 2.65. The van der Waals surface area contributed by atoms with Crippen LogP contribution in [-0.4, -0.2) is 8.07 Å². The van der Waals surface area contributed by atoms with Crippen molar-refractivity contribution in [2.75, 3.05) is 0 Å². The van der Waals surface area contributed by atoms with Gasteiger partial charge in [0, 0.05) is 5.54 Å². The van der Waals surface area contributed by atoms with Crippen LogP contribution in [0.1, 0.15) is 98.0 Å². The third-order valence-corrected chi connectivity index (χ3v) is 15.3. The Morgan fingerprint density at radius 3 is 2.16 bits per heavy atom. The van der Waals surface area contributed by atoms with Crippen molar-refractivity contribution in [1.29, 1.82) is 0 Å². The fourth-order valence-corrected chi connectivity index (χ4v) is 13.9. The van der Waals surface area contributed by atoms with E-state index < -0.39 is 8.07 Å². The molecule has 4 aromatic carbocycles. The van der Waals surface area contributed by atoms with Crippen LogP contribution in [0.2, 0.25) is 13.1 Å². The van der Waals surface area contributed by atoms with Crippen molar-refractivity contribution in [3.8, 4) is 22.3 Å². The SMILES string of the molecule is CC1=C(c2cc(-c3ccc(C(C)(C)C)cc3)c3c(c2)C2C(C(C)C)=C3[Si]2(C)C)c2cc3c(c(-c4ccccc4)c2C1)CCC3. The monoisotopic (exact) mass is 590 g/mol. The van der Waals surface area contributed by atoms with Gasteiger partial charge in [0.25, 0.3) is 0 Å². The lowest BCUT2D eigenvalue weighted by molar-refractivity contribution is 0.590. The molecule has 0 saturated heterocycles. The lowest BCUT2D eigenvalue weighted by atomic mass is 9.84. The summed E-state index contributed by atoms with van der Waals surface area (Å²) in [7, 11) is -1.54. The maximum Gasteiger partial charge on any atom is 0.0931 e. The number of aryl methyl sites for hydroxylation is 1. The van der Waals surface area contributed by atoms with Crippen LogP contribution in [0.3, 0.4) is 0 Å². The minimum absolute atomic E-state index is 0.151. The van der Waals surface area contributed by atoms with E-state index in [9.17, 15) is 0 Å². The zero-order valence-electron chi connectivity index (χ0n) is 27.9. The molecule has 2 bridgehead atoms. The molecule has 4 aromatic rings. The highest BCUT2D eigenvalue weighted by molar-refractivity contribution is 7.01. The van der Waals surface area contributed by atoms with Crippen LogP contribution < -0.4 is 0 Å². The van der Waals surface area contributed by atoms with E-state index >= 15 is 0 Å². The van der Waals surface area contributed by atoms with E-state index in [-0.39, 0.29) is 5.41 Å². The molecule has 2 aliphatic heterocycles. The summed E-state index contributed by atoms with van der Waals surface area (Å²) in [6.45, 7) is 19.4. The molecule has 1 heteroatoms. The van der Waals surface area contributed by atoms with Crippen LogP contribution in [0.5, 0.6) is 0 Å². The Labute approximate surface area is 266 Å². The normalized spacial score (nSPS) is 19.4. The van der Waals surface area contributed by atoms with Gasteiger partial charge in [0.05, 0.1) is 8.07 Å². The molecule has 1 atom stereocenters. The van der Waals surface area contributed by atoms with E-state index in [0.29, 0.717) is 11.5 Å². The van der Waals surface area contributed by atoms with Gasteiger partial charge in [-0.15, -0.1) is 0 Å². The molecule has 9 rings (SSSR count). The molecule has 0 spiro atoms. The fraction of sp³-hybridized carbons (Fsp3) is 0.349. The molecule has 0 nitrogen and oxygen atoms in total. The van der Waals surface area contributed by atoms with E-state index in [2.05, 4.69) is 127 Å². The topological polar surface area (TPSA) is 0 Å². The summed E-state index contributed by atoms with van der Waals surface area (Å²) < 4.78 is 0. The highest BCUT2D eigenvalue weighted by atomic mass is 28.3. The van der Waals surface area contributed by atoms with Gasteiger partial charge >= 0.3 is 0 Å². The Balaban J connectivity index is 1.35. The van der Waals surface area contributed by atoms with Gasteiger partial charge in [-0.2, -0.15) is 0 Å². The summed E-state index contributed by atoms with van der Waals surface area (Å²) in [6, 6.07) is 28.6. The number of fused-ring (bicyclic) bond motifs is 2. The first-order valence-corrected chi connectivity index (χ1v) is 20.0. The molecule has 222 valence electrons. The van der Waals surface area contributed by atoms with E-state index in [1.807, 2.05) is 0 Å². The third kappa shape index (κ3) is 3.87. The number of benzene rings is 4. The largest absolute Gasteiger partial charge is 0.0931 e. The lowest BCUT2D eigenvalue weighted by Gasteiger charge is -2.42. The van der Waals surface area contributed by atoms with Gasteiger partial charge in [0.2, 0.25) is 0 Å². The first-order chi connectivity index (χ1) is 21.0. The molecule has 0 aromatic heterocycles. The van der Waals surface area contributed by atoms with Crippen molar-refractivity contribution >= 4 is 18.8 Å². The van der Waals surface area contributed by atoms with Crippen LogP contribution >= 0.6 is 0 Å². The zero-order chi connectivity index (χ0) is 30.7. The summed E-state index contributed by atoms with van der Waals surface area (Å²) in [6.07, 6.45) is 4.75. The quantitative estimate of drug-likeness (QED) is 0.207. The summed E-state index contributed by atoms with van der Waals surface area (Å²) in [5.74, 6) is 0.603. The van der Waals surface area contributed by atoms with Crippen molar-refractivity contribution in [3.63, 3.8) is 0 Å². The molecule has 5 aliphatic rings. The molecule has 2 heterocycles. The molecule has 0 radical (unpaired) electrons. The van der Waals surface area contributed by atoms with Gasteiger partial charge in [-0.3, -0.25) is 0 Å². The third-order valence-electron chi connectivity index (χ3n) is 11.4. The Morgan fingerprint density at radius 1 is 0.750 bits per heavy atom. The van der Waals surface area contributed by atoms with Crippen LogP contribution in [0.4, 0.5) is 0 Å². The van der Waals surface area contributed by atoms with Crippen molar-refractivity contribution in [2.24, 2.45) is 5.92 Å². The predicted octanol–water partition coefficient (Wildman–Crippen LogP) is 11.5.